The molecule has 1 atom stereocenters. The molecule has 0 saturated carbocycles. The Kier molecular flexibility index (Phi) is 9.72. The van der Waals surface area contributed by atoms with Crippen molar-refractivity contribution >= 4 is 33.3 Å². The van der Waals surface area contributed by atoms with Gasteiger partial charge in [0.15, 0.2) is 12.6 Å². The van der Waals surface area contributed by atoms with Crippen LogP contribution in [0.4, 0.5) is 13.6 Å². The van der Waals surface area contributed by atoms with Crippen LogP contribution in [0.5, 0.6) is 11.6 Å². The minimum absolute atomic E-state index is 0.00450. The molecule has 0 radical (unpaired) electrons. The van der Waals surface area contributed by atoms with E-state index in [-0.39, 0.29) is 59.5 Å². The van der Waals surface area contributed by atoms with Crippen LogP contribution in [0, 0.1) is 23.0 Å². The summed E-state index contributed by atoms with van der Waals surface area (Å²) in [5.74, 6) is -0.843. The van der Waals surface area contributed by atoms with Gasteiger partial charge in [-0.2, -0.15) is 5.26 Å². The highest BCUT2D eigenvalue weighted by Crippen LogP contribution is 2.41. The number of rotatable bonds is 8. The molecule has 0 N–H and O–H groups in total. The van der Waals surface area contributed by atoms with Gasteiger partial charge in [0.2, 0.25) is 5.88 Å². The van der Waals surface area contributed by atoms with Crippen LogP contribution in [-0.4, -0.2) is 79.7 Å². The first-order valence-corrected chi connectivity index (χ1v) is 16.4. The summed E-state index contributed by atoms with van der Waals surface area (Å²) in [4.78, 5) is 21.5. The lowest BCUT2D eigenvalue weighted by atomic mass is 9.91. The number of carbonyl (C=O) groups is 1. The Balaban J connectivity index is 1.53. The van der Waals surface area contributed by atoms with Gasteiger partial charge < -0.3 is 28.7 Å². The molecule has 4 aromatic rings. The van der Waals surface area contributed by atoms with Gasteiger partial charge in [-0.1, -0.05) is 30.3 Å². The van der Waals surface area contributed by atoms with Gasteiger partial charge in [0.05, 0.1) is 0 Å². The zero-order chi connectivity index (χ0) is 34.9. The number of likely N-dealkylation sites (tertiary alicyclic amines) is 1. The number of likely N-dealkylation sites (N-methyl/N-ethyl adjacent to an activating group) is 1. The summed E-state index contributed by atoms with van der Waals surface area (Å²) in [5, 5.41) is 11.7. The Morgan fingerprint density at radius 2 is 1.92 bits per heavy atom. The second-order valence-corrected chi connectivity index (χ2v) is 13.5. The van der Waals surface area contributed by atoms with Crippen molar-refractivity contribution < 1.29 is 32.5 Å². The largest absolute Gasteiger partial charge is 0.475 e. The molecule has 3 aromatic carbocycles. The van der Waals surface area contributed by atoms with Crippen LogP contribution >= 0.6 is 0 Å². The van der Waals surface area contributed by atoms with Gasteiger partial charge in [-0.25, -0.2) is 18.6 Å². The molecule has 1 amide bonds. The Morgan fingerprint density at radius 3 is 2.63 bits per heavy atom. The van der Waals surface area contributed by atoms with Gasteiger partial charge in [0.1, 0.15) is 40.9 Å². The first-order valence-electron chi connectivity index (χ1n) is 16.4. The van der Waals surface area contributed by atoms with Crippen molar-refractivity contribution in [1.82, 2.24) is 14.8 Å². The van der Waals surface area contributed by atoms with Crippen LogP contribution < -0.4 is 9.47 Å². The van der Waals surface area contributed by atoms with Crippen LogP contribution in [0.1, 0.15) is 51.2 Å². The molecule has 2 aliphatic rings. The number of nitrogens with zero attached hydrogens (tertiary/aromatic N) is 4. The third-order valence-electron chi connectivity index (χ3n) is 8.92. The number of nitriles is 1. The summed E-state index contributed by atoms with van der Waals surface area (Å²) in [6.07, 6.45) is 3.93. The molecular weight excluding hydrogens is 630 g/mol. The van der Waals surface area contributed by atoms with Crippen molar-refractivity contribution in [3.8, 4) is 28.8 Å². The second kappa shape index (κ2) is 14.0. The fraction of sp³-hybridized carbons (Fsp3) is 0.395. The van der Waals surface area contributed by atoms with Gasteiger partial charge in [0.25, 0.3) is 0 Å². The van der Waals surface area contributed by atoms with E-state index >= 15 is 8.78 Å². The molecule has 3 heterocycles. The summed E-state index contributed by atoms with van der Waals surface area (Å²) in [6, 6.07) is 13.5. The SMILES string of the molecule is COCOc1cc(-c2ccc3c(C4=CCCN(C(=O)OC(C)(C)C)C4)c(C#N)c(OC[C@@H]4CCCN4C)nc3c2F)c2c(F)cccc2c1. The molecule has 2 aliphatic heterocycles. The molecule has 0 spiro atoms. The predicted octanol–water partition coefficient (Wildman–Crippen LogP) is 7.68. The Labute approximate surface area is 284 Å². The Bertz CT molecular complexity index is 1980. The molecule has 1 fully saturated rings. The molecule has 9 nitrogen and oxygen atoms in total. The number of aromatic nitrogens is 1. The highest BCUT2D eigenvalue weighted by molar-refractivity contribution is 6.03. The molecule has 1 saturated heterocycles. The Morgan fingerprint density at radius 1 is 1.10 bits per heavy atom. The van der Waals surface area contributed by atoms with Gasteiger partial charge in [0, 0.05) is 48.1 Å². The predicted molar refractivity (Wildman–Crippen MR) is 183 cm³/mol. The zero-order valence-electron chi connectivity index (χ0n) is 28.4. The van der Waals surface area contributed by atoms with Crippen molar-refractivity contribution in [2.45, 2.75) is 51.7 Å². The summed E-state index contributed by atoms with van der Waals surface area (Å²) < 4.78 is 55.1. The zero-order valence-corrected chi connectivity index (χ0v) is 28.4. The lowest BCUT2D eigenvalue weighted by Crippen LogP contribution is -2.39. The first kappa shape index (κ1) is 34.1. The van der Waals surface area contributed by atoms with Gasteiger partial charge in [-0.15, -0.1) is 0 Å². The minimum atomic E-state index is -0.708. The van der Waals surface area contributed by atoms with E-state index < -0.39 is 23.3 Å². The maximum Gasteiger partial charge on any atom is 0.410 e. The number of pyridine rings is 1. The van der Waals surface area contributed by atoms with Crippen LogP contribution in [0.2, 0.25) is 0 Å². The number of halogens is 2. The molecule has 6 rings (SSSR count). The monoisotopic (exact) mass is 670 g/mol. The molecule has 1 aromatic heterocycles. The van der Waals surface area contributed by atoms with Crippen molar-refractivity contribution in [3.63, 3.8) is 0 Å². The van der Waals surface area contributed by atoms with Gasteiger partial charge in [-0.05, 0) is 88.3 Å². The summed E-state index contributed by atoms with van der Waals surface area (Å²) in [7, 11) is 3.51. The number of amides is 1. The van der Waals surface area contributed by atoms with E-state index in [0.717, 1.165) is 19.4 Å². The summed E-state index contributed by atoms with van der Waals surface area (Å²) in [6.45, 7) is 7.13. The third-order valence-corrected chi connectivity index (χ3v) is 8.92. The van der Waals surface area contributed by atoms with E-state index in [1.54, 1.807) is 62.1 Å². The summed E-state index contributed by atoms with van der Waals surface area (Å²) >= 11 is 0. The first-order chi connectivity index (χ1) is 23.5. The van der Waals surface area contributed by atoms with Crippen LogP contribution in [0.25, 0.3) is 38.4 Å². The second-order valence-electron chi connectivity index (χ2n) is 13.5. The molecule has 0 bridgehead atoms. The fourth-order valence-corrected chi connectivity index (χ4v) is 6.57. The molecular formula is C38H40F2N4O5. The van der Waals surface area contributed by atoms with Crippen LogP contribution in [0.15, 0.2) is 48.5 Å². The van der Waals surface area contributed by atoms with E-state index in [9.17, 15) is 10.1 Å². The quantitative estimate of drug-likeness (QED) is 0.176. The standard InChI is InChI=1S/C38H40F2N4O5/c1-38(2,3)49-37(45)44-16-7-10-24(20-44)32-28-14-13-27(29-18-26(48-22-46-5)17-23-9-6-12-31(39)33(23)29)34(40)35(28)42-36(30(32)19-41)47-21-25-11-8-15-43(25)4/h6,9-10,12-14,17-18,25H,7-8,11,15-16,20-22H2,1-5H3/t25-/m0/s1. The van der Waals surface area contributed by atoms with E-state index in [1.165, 1.54) is 13.2 Å². The fourth-order valence-electron chi connectivity index (χ4n) is 6.57. The summed E-state index contributed by atoms with van der Waals surface area (Å²) in [5.41, 5.74) is 0.897. The lowest BCUT2D eigenvalue weighted by molar-refractivity contribution is 0.0273. The molecule has 0 aliphatic carbocycles. The average Bonchev–Trinajstić information content (AvgIpc) is 3.49. The topological polar surface area (TPSA) is 97.1 Å². The van der Waals surface area contributed by atoms with E-state index in [0.29, 0.717) is 40.6 Å². The van der Waals surface area contributed by atoms with Crippen molar-refractivity contribution in [3.05, 3.63) is 71.3 Å². The lowest BCUT2D eigenvalue weighted by Gasteiger charge is -2.31. The number of ether oxygens (including phenoxy) is 4. The van der Waals surface area contributed by atoms with E-state index in [2.05, 4.69) is 16.0 Å². The smallest absolute Gasteiger partial charge is 0.410 e. The maximum atomic E-state index is 17.1. The normalized spacial score (nSPS) is 16.9. The van der Waals surface area contributed by atoms with E-state index in [1.807, 2.05) is 13.1 Å². The van der Waals surface area contributed by atoms with Crippen LogP contribution in [-0.2, 0) is 9.47 Å². The number of benzene rings is 3. The average molecular weight is 671 g/mol. The number of fused-ring (bicyclic) bond motifs is 2. The number of methoxy groups -OCH3 is 1. The molecule has 256 valence electrons. The van der Waals surface area contributed by atoms with Crippen molar-refractivity contribution in [2.24, 2.45) is 0 Å². The highest BCUT2D eigenvalue weighted by Gasteiger charge is 2.30. The number of hydrogen-bond donors (Lipinski definition) is 0. The number of carbonyl (C=O) groups excluding carboxylic acids is 1. The van der Waals surface area contributed by atoms with E-state index in [4.69, 9.17) is 18.9 Å². The van der Waals surface area contributed by atoms with Gasteiger partial charge in [-0.3, -0.25) is 0 Å². The Hall–Kier alpha value is -4.79. The molecule has 0 unspecified atom stereocenters. The van der Waals surface area contributed by atoms with Crippen LogP contribution in [0.3, 0.4) is 0 Å². The highest BCUT2D eigenvalue weighted by atomic mass is 19.1. The van der Waals surface area contributed by atoms with Crippen molar-refractivity contribution in [1.29, 1.82) is 5.26 Å². The molecule has 49 heavy (non-hydrogen) atoms. The third kappa shape index (κ3) is 7.02. The minimum Gasteiger partial charge on any atom is -0.475 e. The maximum absolute atomic E-state index is 17.1. The number of hydrogen-bond acceptors (Lipinski definition) is 8. The van der Waals surface area contributed by atoms with Gasteiger partial charge >= 0.3 is 6.09 Å². The molecule has 11 heteroatoms. The van der Waals surface area contributed by atoms with Crippen molar-refractivity contribution in [2.75, 3.05) is 47.2 Å².